The minimum absolute atomic E-state index is 0.152. The van der Waals surface area contributed by atoms with E-state index in [1.807, 2.05) is 62.4 Å². The van der Waals surface area contributed by atoms with E-state index in [0.29, 0.717) is 5.75 Å². The Morgan fingerprint density at radius 1 is 0.960 bits per heavy atom. The molecule has 2 amide bonds. The summed E-state index contributed by atoms with van der Waals surface area (Å²) >= 11 is 1.48. The molecule has 6 heteroatoms. The number of hydrogen-bond acceptors (Lipinski definition) is 4. The number of aryl methyl sites for hydroxylation is 2. The minimum Gasteiger partial charge on any atom is -0.484 e. The Bertz CT molecular complexity index is 700. The normalized spacial score (nSPS) is 10.2. The van der Waals surface area contributed by atoms with Crippen molar-refractivity contribution in [1.29, 1.82) is 0 Å². The molecule has 0 aliphatic carbocycles. The number of carbonyl (C=O) groups is 2. The molecular formula is C19H22N2O3S. The fourth-order valence-corrected chi connectivity index (χ4v) is 3.00. The van der Waals surface area contributed by atoms with E-state index in [1.54, 1.807) is 0 Å². The largest absolute Gasteiger partial charge is 0.484 e. The van der Waals surface area contributed by atoms with E-state index in [9.17, 15) is 9.59 Å². The molecule has 2 N–H and O–H groups in total. The van der Waals surface area contributed by atoms with Gasteiger partial charge in [0, 0.05) is 5.75 Å². The second-order valence-corrected chi connectivity index (χ2v) is 6.67. The maximum absolute atomic E-state index is 11.7. The second-order valence-electron chi connectivity index (χ2n) is 5.69. The van der Waals surface area contributed by atoms with Crippen LogP contribution in [0.25, 0.3) is 0 Å². The average molecular weight is 358 g/mol. The number of ether oxygens (including phenoxy) is 1. The van der Waals surface area contributed by atoms with E-state index in [-0.39, 0.29) is 18.3 Å². The van der Waals surface area contributed by atoms with Gasteiger partial charge in [-0.05, 0) is 42.7 Å². The van der Waals surface area contributed by atoms with Crippen molar-refractivity contribution in [2.75, 3.05) is 12.4 Å². The highest BCUT2D eigenvalue weighted by Crippen LogP contribution is 2.15. The summed E-state index contributed by atoms with van der Waals surface area (Å²) < 4.78 is 5.43. The quantitative estimate of drug-likeness (QED) is 0.747. The van der Waals surface area contributed by atoms with Gasteiger partial charge in [-0.15, -0.1) is 11.8 Å². The van der Waals surface area contributed by atoms with Gasteiger partial charge >= 0.3 is 0 Å². The molecule has 2 rings (SSSR count). The number of hydrazine groups is 1. The van der Waals surface area contributed by atoms with Crippen molar-refractivity contribution in [3.8, 4) is 5.75 Å². The Hall–Kier alpha value is -2.47. The first-order valence-corrected chi connectivity index (χ1v) is 9.09. The monoisotopic (exact) mass is 358 g/mol. The van der Waals surface area contributed by atoms with E-state index in [0.717, 1.165) is 22.4 Å². The molecular weight excluding hydrogens is 336 g/mol. The summed E-state index contributed by atoms with van der Waals surface area (Å²) in [5, 5.41) is 0. The molecule has 0 radical (unpaired) electrons. The number of benzene rings is 2. The Morgan fingerprint density at radius 3 is 2.28 bits per heavy atom. The fourth-order valence-electron chi connectivity index (χ4n) is 2.21. The van der Waals surface area contributed by atoms with Crippen molar-refractivity contribution in [3.05, 3.63) is 65.2 Å². The molecule has 0 bridgehead atoms. The molecule has 0 saturated carbocycles. The molecule has 0 heterocycles. The van der Waals surface area contributed by atoms with Gasteiger partial charge in [0.2, 0.25) is 5.91 Å². The Morgan fingerprint density at radius 2 is 1.60 bits per heavy atom. The molecule has 0 saturated heterocycles. The van der Waals surface area contributed by atoms with Crippen LogP contribution >= 0.6 is 11.8 Å². The third-order valence-electron chi connectivity index (χ3n) is 3.25. The SMILES string of the molecule is Cc1cc(C)cc(OCC(=O)NNC(=O)CSCc2ccccc2)c1. The van der Waals surface area contributed by atoms with Crippen LogP contribution in [-0.4, -0.2) is 24.2 Å². The van der Waals surface area contributed by atoms with Crippen molar-refractivity contribution in [3.63, 3.8) is 0 Å². The zero-order valence-electron chi connectivity index (χ0n) is 14.4. The molecule has 0 atom stereocenters. The number of thioether (sulfide) groups is 1. The summed E-state index contributed by atoms with van der Waals surface area (Å²) in [5.41, 5.74) is 8.04. The lowest BCUT2D eigenvalue weighted by Crippen LogP contribution is -2.44. The molecule has 5 nitrogen and oxygen atoms in total. The maximum Gasteiger partial charge on any atom is 0.276 e. The van der Waals surface area contributed by atoms with Gasteiger partial charge in [0.1, 0.15) is 5.75 Å². The molecule has 0 fully saturated rings. The van der Waals surface area contributed by atoms with Gasteiger partial charge in [-0.25, -0.2) is 0 Å². The third-order valence-corrected chi connectivity index (χ3v) is 4.25. The first-order chi connectivity index (χ1) is 12.0. The number of amides is 2. The van der Waals surface area contributed by atoms with Crippen LogP contribution in [-0.2, 0) is 15.3 Å². The number of rotatable bonds is 7. The zero-order valence-corrected chi connectivity index (χ0v) is 15.2. The van der Waals surface area contributed by atoms with Crippen LogP contribution < -0.4 is 15.6 Å². The summed E-state index contributed by atoms with van der Waals surface area (Å²) in [4.78, 5) is 23.4. The fraction of sp³-hybridized carbons (Fsp3) is 0.263. The smallest absolute Gasteiger partial charge is 0.276 e. The summed E-state index contributed by atoms with van der Waals surface area (Å²) in [6.45, 7) is 3.78. The van der Waals surface area contributed by atoms with Gasteiger partial charge in [0.15, 0.2) is 6.61 Å². The number of nitrogens with one attached hydrogen (secondary N) is 2. The van der Waals surface area contributed by atoms with Gasteiger partial charge in [-0.1, -0.05) is 36.4 Å². The Kier molecular flexibility index (Phi) is 7.35. The molecule has 2 aromatic rings. The second kappa shape index (κ2) is 9.74. The maximum atomic E-state index is 11.7. The predicted molar refractivity (Wildman–Crippen MR) is 100 cm³/mol. The number of hydrogen-bond donors (Lipinski definition) is 2. The van der Waals surface area contributed by atoms with E-state index in [1.165, 1.54) is 11.8 Å². The van der Waals surface area contributed by atoms with Gasteiger partial charge in [-0.3, -0.25) is 20.4 Å². The highest BCUT2D eigenvalue weighted by molar-refractivity contribution is 7.99. The summed E-state index contributed by atoms with van der Waals surface area (Å²) in [6, 6.07) is 15.7. The molecule has 25 heavy (non-hydrogen) atoms. The van der Waals surface area contributed by atoms with Crippen molar-refractivity contribution >= 4 is 23.6 Å². The molecule has 0 unspecified atom stereocenters. The summed E-state index contributed by atoms with van der Waals surface area (Å²) in [7, 11) is 0. The van der Waals surface area contributed by atoms with Crippen LogP contribution in [0.5, 0.6) is 5.75 Å². The van der Waals surface area contributed by atoms with Crippen molar-refractivity contribution in [2.24, 2.45) is 0 Å². The molecule has 2 aromatic carbocycles. The molecule has 132 valence electrons. The van der Waals surface area contributed by atoms with Crippen molar-refractivity contribution < 1.29 is 14.3 Å². The van der Waals surface area contributed by atoms with Gasteiger partial charge < -0.3 is 4.74 Å². The standard InChI is InChI=1S/C19H22N2O3S/c1-14-8-15(2)10-17(9-14)24-11-18(22)20-21-19(23)13-25-12-16-6-4-3-5-7-16/h3-10H,11-13H2,1-2H3,(H,20,22)(H,21,23). The van der Waals surface area contributed by atoms with E-state index < -0.39 is 5.91 Å². The summed E-state index contributed by atoms with van der Waals surface area (Å²) in [5.74, 6) is 1.00. The molecule has 0 spiro atoms. The highest BCUT2D eigenvalue weighted by Gasteiger charge is 2.06. The van der Waals surface area contributed by atoms with E-state index in [4.69, 9.17) is 4.74 Å². The van der Waals surface area contributed by atoms with Crippen LogP contribution in [0, 0.1) is 13.8 Å². The van der Waals surface area contributed by atoms with Crippen LogP contribution in [0.1, 0.15) is 16.7 Å². The molecule has 0 aromatic heterocycles. The van der Waals surface area contributed by atoms with E-state index >= 15 is 0 Å². The summed E-state index contributed by atoms with van der Waals surface area (Å²) in [6.07, 6.45) is 0. The van der Waals surface area contributed by atoms with Crippen molar-refractivity contribution in [2.45, 2.75) is 19.6 Å². The topological polar surface area (TPSA) is 67.4 Å². The lowest BCUT2D eigenvalue weighted by molar-refractivity contribution is -0.128. The van der Waals surface area contributed by atoms with Crippen LogP contribution in [0.2, 0.25) is 0 Å². The Balaban J connectivity index is 1.63. The van der Waals surface area contributed by atoms with E-state index in [2.05, 4.69) is 10.9 Å². The van der Waals surface area contributed by atoms with Crippen LogP contribution in [0.4, 0.5) is 0 Å². The number of carbonyl (C=O) groups excluding carboxylic acids is 2. The van der Waals surface area contributed by atoms with Gasteiger partial charge in [0.25, 0.3) is 5.91 Å². The van der Waals surface area contributed by atoms with Crippen molar-refractivity contribution in [1.82, 2.24) is 10.9 Å². The molecule has 0 aliphatic heterocycles. The lowest BCUT2D eigenvalue weighted by atomic mass is 10.1. The van der Waals surface area contributed by atoms with Crippen LogP contribution in [0.15, 0.2) is 48.5 Å². The van der Waals surface area contributed by atoms with Gasteiger partial charge in [-0.2, -0.15) is 0 Å². The highest BCUT2D eigenvalue weighted by atomic mass is 32.2. The average Bonchev–Trinajstić information content (AvgIpc) is 2.58. The first-order valence-electron chi connectivity index (χ1n) is 7.93. The Labute approximate surface area is 152 Å². The first kappa shape index (κ1) is 18.9. The zero-order chi connectivity index (χ0) is 18.1. The van der Waals surface area contributed by atoms with Crippen LogP contribution in [0.3, 0.4) is 0 Å². The minimum atomic E-state index is -0.402. The lowest BCUT2D eigenvalue weighted by Gasteiger charge is -2.10. The third kappa shape index (κ3) is 7.30. The van der Waals surface area contributed by atoms with Gasteiger partial charge in [0.05, 0.1) is 5.75 Å². The molecule has 0 aliphatic rings. The predicted octanol–water partition coefficient (Wildman–Crippen LogP) is 2.76.